The summed E-state index contributed by atoms with van der Waals surface area (Å²) in [6, 6.07) is 15.2. The summed E-state index contributed by atoms with van der Waals surface area (Å²) >= 11 is 0. The molecule has 0 aliphatic rings. The molecule has 0 N–H and O–H groups in total. The van der Waals surface area contributed by atoms with Crippen LogP contribution in [-0.4, -0.2) is 18.8 Å². The van der Waals surface area contributed by atoms with Crippen LogP contribution in [0.15, 0.2) is 53.5 Å². The number of nitrogens with zero attached hydrogens (tertiary/aromatic N) is 1. The lowest BCUT2D eigenvalue weighted by molar-refractivity contribution is 0.0505. The quantitative estimate of drug-likeness (QED) is 0.605. The fourth-order valence-corrected chi connectivity index (χ4v) is 1.76. The van der Waals surface area contributed by atoms with Gasteiger partial charge in [0.15, 0.2) is 0 Å². The number of carbonyl (C=O) groups is 1. The van der Waals surface area contributed by atoms with E-state index in [2.05, 4.69) is 11.9 Å². The van der Waals surface area contributed by atoms with E-state index in [1.807, 2.05) is 49.5 Å². The number of aryl methyl sites for hydroxylation is 1. The van der Waals surface area contributed by atoms with Gasteiger partial charge in [0.25, 0.3) is 0 Å². The normalized spacial score (nSPS) is 10.8. The third-order valence-electron chi connectivity index (χ3n) is 2.98. The molecule has 0 aliphatic carbocycles. The third-order valence-corrected chi connectivity index (χ3v) is 2.98. The van der Waals surface area contributed by atoms with Crippen molar-refractivity contribution in [2.45, 2.75) is 20.3 Å². The lowest BCUT2D eigenvalue weighted by Crippen LogP contribution is -2.05. The lowest BCUT2D eigenvalue weighted by atomic mass is 10.2. The summed E-state index contributed by atoms with van der Waals surface area (Å²) in [6.45, 7) is 4.47. The molecule has 0 amide bonds. The number of aliphatic imine (C=N–C) groups is 1. The minimum absolute atomic E-state index is 0.286. The first kappa shape index (κ1) is 15.0. The lowest BCUT2D eigenvalue weighted by Gasteiger charge is -2.03. The van der Waals surface area contributed by atoms with Gasteiger partial charge in [-0.15, -0.1) is 0 Å². The van der Waals surface area contributed by atoms with Crippen LogP contribution < -0.4 is 0 Å². The van der Waals surface area contributed by atoms with Gasteiger partial charge in [-0.2, -0.15) is 0 Å². The van der Waals surface area contributed by atoms with Crippen molar-refractivity contribution in [1.82, 2.24) is 0 Å². The molecule has 0 aromatic heterocycles. The summed E-state index contributed by atoms with van der Waals surface area (Å²) in [4.78, 5) is 16.1. The van der Waals surface area contributed by atoms with E-state index in [-0.39, 0.29) is 5.97 Å². The SMILES string of the molecule is CCCOC(=O)c1ccc(N=Cc2ccc(C)cc2)cc1. The molecule has 2 aromatic carbocycles. The average Bonchev–Trinajstić information content (AvgIpc) is 2.52. The topological polar surface area (TPSA) is 38.7 Å². The van der Waals surface area contributed by atoms with E-state index in [1.54, 1.807) is 12.1 Å². The number of rotatable bonds is 5. The van der Waals surface area contributed by atoms with Crippen LogP contribution in [0.4, 0.5) is 5.69 Å². The summed E-state index contributed by atoms with van der Waals surface area (Å²) < 4.78 is 5.08. The maximum Gasteiger partial charge on any atom is 0.338 e. The number of hydrogen-bond donors (Lipinski definition) is 0. The minimum Gasteiger partial charge on any atom is -0.462 e. The largest absolute Gasteiger partial charge is 0.462 e. The van der Waals surface area contributed by atoms with Crippen molar-refractivity contribution in [3.05, 3.63) is 65.2 Å². The van der Waals surface area contributed by atoms with E-state index in [0.717, 1.165) is 17.7 Å². The second-order valence-electron chi connectivity index (χ2n) is 4.85. The Balaban J connectivity index is 2.02. The number of hydrogen-bond acceptors (Lipinski definition) is 3. The van der Waals surface area contributed by atoms with Crippen LogP contribution in [-0.2, 0) is 4.74 Å². The van der Waals surface area contributed by atoms with Gasteiger partial charge in [-0.05, 0) is 43.2 Å². The van der Waals surface area contributed by atoms with E-state index in [1.165, 1.54) is 5.56 Å². The van der Waals surface area contributed by atoms with Gasteiger partial charge in [0.1, 0.15) is 0 Å². The molecule has 108 valence electrons. The Labute approximate surface area is 125 Å². The molecule has 0 saturated carbocycles. The molecule has 0 heterocycles. The average molecular weight is 281 g/mol. The monoisotopic (exact) mass is 281 g/mol. The van der Waals surface area contributed by atoms with Crippen LogP contribution in [0, 0.1) is 6.92 Å². The third kappa shape index (κ3) is 4.56. The maximum absolute atomic E-state index is 11.7. The minimum atomic E-state index is -0.286. The van der Waals surface area contributed by atoms with Gasteiger partial charge in [0.05, 0.1) is 17.9 Å². The van der Waals surface area contributed by atoms with Gasteiger partial charge in [-0.1, -0.05) is 36.8 Å². The second kappa shape index (κ2) is 7.39. The van der Waals surface area contributed by atoms with Crippen LogP contribution in [0.2, 0.25) is 0 Å². The second-order valence-corrected chi connectivity index (χ2v) is 4.85. The zero-order chi connectivity index (χ0) is 15.1. The van der Waals surface area contributed by atoms with Crippen molar-refractivity contribution in [3.63, 3.8) is 0 Å². The Morgan fingerprint density at radius 3 is 2.38 bits per heavy atom. The van der Waals surface area contributed by atoms with Crippen LogP contribution in [0.1, 0.15) is 34.8 Å². The molecule has 21 heavy (non-hydrogen) atoms. The van der Waals surface area contributed by atoms with E-state index in [9.17, 15) is 4.79 Å². The first-order chi connectivity index (χ1) is 10.2. The van der Waals surface area contributed by atoms with E-state index in [4.69, 9.17) is 4.74 Å². The smallest absolute Gasteiger partial charge is 0.338 e. The highest BCUT2D eigenvalue weighted by molar-refractivity contribution is 5.90. The Hall–Kier alpha value is -2.42. The fraction of sp³-hybridized carbons (Fsp3) is 0.222. The Kier molecular flexibility index (Phi) is 5.27. The molecule has 0 bridgehead atoms. The highest BCUT2D eigenvalue weighted by Gasteiger charge is 2.05. The Morgan fingerprint density at radius 2 is 1.76 bits per heavy atom. The molecule has 2 rings (SSSR count). The number of carbonyl (C=O) groups excluding carboxylic acids is 1. The summed E-state index contributed by atoms with van der Waals surface area (Å²) in [5, 5.41) is 0. The molecule has 0 radical (unpaired) electrons. The van der Waals surface area contributed by atoms with Gasteiger partial charge in [-0.3, -0.25) is 4.99 Å². The first-order valence-electron chi connectivity index (χ1n) is 7.07. The van der Waals surface area contributed by atoms with Crippen LogP contribution in [0.5, 0.6) is 0 Å². The molecule has 3 nitrogen and oxygen atoms in total. The number of benzene rings is 2. The molecule has 3 heteroatoms. The summed E-state index contributed by atoms with van der Waals surface area (Å²) in [7, 11) is 0. The molecule has 0 spiro atoms. The highest BCUT2D eigenvalue weighted by Crippen LogP contribution is 2.14. The van der Waals surface area contributed by atoms with Crippen LogP contribution in [0.3, 0.4) is 0 Å². The highest BCUT2D eigenvalue weighted by atomic mass is 16.5. The zero-order valence-corrected chi connectivity index (χ0v) is 12.4. The summed E-state index contributed by atoms with van der Waals surface area (Å²) in [5.74, 6) is -0.286. The maximum atomic E-state index is 11.7. The molecule has 0 unspecified atom stereocenters. The van der Waals surface area contributed by atoms with Crippen molar-refractivity contribution in [1.29, 1.82) is 0 Å². The van der Waals surface area contributed by atoms with Crippen molar-refractivity contribution in [2.24, 2.45) is 4.99 Å². The summed E-state index contributed by atoms with van der Waals surface area (Å²) in [6.07, 6.45) is 2.63. The number of esters is 1. The molecule has 0 saturated heterocycles. The van der Waals surface area contributed by atoms with E-state index >= 15 is 0 Å². The zero-order valence-electron chi connectivity index (χ0n) is 12.4. The van der Waals surface area contributed by atoms with Crippen molar-refractivity contribution in [2.75, 3.05) is 6.61 Å². The first-order valence-corrected chi connectivity index (χ1v) is 7.07. The predicted octanol–water partition coefficient (Wildman–Crippen LogP) is 4.31. The van der Waals surface area contributed by atoms with Crippen molar-refractivity contribution < 1.29 is 9.53 Å². The van der Waals surface area contributed by atoms with Crippen molar-refractivity contribution >= 4 is 17.9 Å². The molecular formula is C18H19NO2. The predicted molar refractivity (Wildman–Crippen MR) is 85.4 cm³/mol. The van der Waals surface area contributed by atoms with Gasteiger partial charge in [0, 0.05) is 6.21 Å². The summed E-state index contributed by atoms with van der Waals surface area (Å²) in [5.41, 5.74) is 3.63. The van der Waals surface area contributed by atoms with Gasteiger partial charge >= 0.3 is 5.97 Å². The Bertz CT molecular complexity index is 613. The Morgan fingerprint density at radius 1 is 1.10 bits per heavy atom. The van der Waals surface area contributed by atoms with E-state index < -0.39 is 0 Å². The standard InChI is InChI=1S/C18H19NO2/c1-3-12-21-18(20)16-8-10-17(11-9-16)19-13-15-6-4-14(2)5-7-15/h4-11,13H,3,12H2,1-2H3. The van der Waals surface area contributed by atoms with Gasteiger partial charge in [0.2, 0.25) is 0 Å². The molecule has 0 aliphatic heterocycles. The van der Waals surface area contributed by atoms with Crippen LogP contribution in [0.25, 0.3) is 0 Å². The molecule has 0 atom stereocenters. The number of ether oxygens (including phenoxy) is 1. The molecule has 2 aromatic rings. The van der Waals surface area contributed by atoms with Crippen molar-refractivity contribution in [3.8, 4) is 0 Å². The van der Waals surface area contributed by atoms with Gasteiger partial charge < -0.3 is 4.74 Å². The van der Waals surface area contributed by atoms with Crippen LogP contribution >= 0.6 is 0 Å². The van der Waals surface area contributed by atoms with Gasteiger partial charge in [-0.25, -0.2) is 4.79 Å². The fourth-order valence-electron chi connectivity index (χ4n) is 1.76. The molecular weight excluding hydrogens is 262 g/mol. The molecule has 0 fully saturated rings. The van der Waals surface area contributed by atoms with E-state index in [0.29, 0.717) is 12.2 Å².